The first-order valence-electron chi connectivity index (χ1n) is 10.2. The van der Waals surface area contributed by atoms with E-state index >= 15 is 0 Å². The maximum absolute atomic E-state index is 11.3. The summed E-state index contributed by atoms with van der Waals surface area (Å²) in [4.78, 5) is 5.02. The standard InChI is InChI=1S/C25H23ClN2O.ClH/c26-18-11-8-17(9-12-18)23-15-21(25(29)22-7-3-4-14-27-22)20-13-10-16-5-1-2-6-19(16)24(20)28-23;/h1-2,5-6,8-13,15,22,25,27,29H,3-4,7,14H2;1H. The van der Waals surface area contributed by atoms with Crippen molar-refractivity contribution in [1.29, 1.82) is 0 Å². The monoisotopic (exact) mass is 438 g/mol. The number of nitrogens with zero attached hydrogens (tertiary/aromatic N) is 1. The lowest BCUT2D eigenvalue weighted by atomic mass is 9.91. The summed E-state index contributed by atoms with van der Waals surface area (Å²) >= 11 is 6.09. The normalized spacial score (nSPS) is 17.6. The number of benzene rings is 3. The summed E-state index contributed by atoms with van der Waals surface area (Å²) in [7, 11) is 0. The van der Waals surface area contributed by atoms with Gasteiger partial charge >= 0.3 is 0 Å². The molecule has 1 saturated heterocycles. The quantitative estimate of drug-likeness (QED) is 0.368. The van der Waals surface area contributed by atoms with Gasteiger partial charge in [0.05, 0.1) is 17.3 Å². The number of fused-ring (bicyclic) bond motifs is 3. The molecule has 0 radical (unpaired) electrons. The number of aliphatic hydroxyl groups is 1. The molecule has 154 valence electrons. The minimum atomic E-state index is -0.576. The number of halogens is 2. The Labute approximate surface area is 187 Å². The molecule has 2 unspecified atom stereocenters. The van der Waals surface area contributed by atoms with E-state index in [1.807, 2.05) is 42.5 Å². The SMILES string of the molecule is Cl.OC(c1cc(-c2ccc(Cl)cc2)nc2c1ccc1ccccc12)C1CCCCN1. The highest BCUT2D eigenvalue weighted by Crippen LogP contribution is 2.35. The molecule has 0 spiro atoms. The highest BCUT2D eigenvalue weighted by molar-refractivity contribution is 6.30. The van der Waals surface area contributed by atoms with Crippen molar-refractivity contribution in [3.63, 3.8) is 0 Å². The van der Waals surface area contributed by atoms with E-state index in [1.165, 1.54) is 6.42 Å². The van der Waals surface area contributed by atoms with E-state index in [4.69, 9.17) is 16.6 Å². The number of pyridine rings is 1. The Kier molecular flexibility index (Phi) is 6.26. The summed E-state index contributed by atoms with van der Waals surface area (Å²) in [5.74, 6) is 0. The van der Waals surface area contributed by atoms with E-state index in [0.29, 0.717) is 5.02 Å². The van der Waals surface area contributed by atoms with Gasteiger partial charge < -0.3 is 10.4 Å². The molecule has 5 rings (SSSR count). The Morgan fingerprint density at radius 3 is 2.53 bits per heavy atom. The van der Waals surface area contributed by atoms with Crippen molar-refractivity contribution < 1.29 is 5.11 Å². The summed E-state index contributed by atoms with van der Waals surface area (Å²) in [6.07, 6.45) is 2.72. The molecule has 1 fully saturated rings. The Morgan fingerprint density at radius 2 is 1.77 bits per heavy atom. The molecule has 2 N–H and O–H groups in total. The first-order chi connectivity index (χ1) is 14.2. The molecular formula is C25H24Cl2N2O. The first-order valence-corrected chi connectivity index (χ1v) is 10.6. The van der Waals surface area contributed by atoms with E-state index in [0.717, 1.165) is 57.9 Å². The Bertz CT molecular complexity index is 1170. The molecule has 0 amide bonds. The summed E-state index contributed by atoms with van der Waals surface area (Å²) in [5.41, 5.74) is 3.72. The molecular weight excluding hydrogens is 415 g/mol. The van der Waals surface area contributed by atoms with Gasteiger partial charge in [0.15, 0.2) is 0 Å². The lowest BCUT2D eigenvalue weighted by Gasteiger charge is -2.29. The minimum Gasteiger partial charge on any atom is -0.387 e. The van der Waals surface area contributed by atoms with E-state index in [-0.39, 0.29) is 18.4 Å². The van der Waals surface area contributed by atoms with Gasteiger partial charge in [-0.15, -0.1) is 12.4 Å². The lowest BCUT2D eigenvalue weighted by molar-refractivity contribution is 0.115. The van der Waals surface area contributed by atoms with Crippen molar-refractivity contribution in [2.45, 2.75) is 31.4 Å². The van der Waals surface area contributed by atoms with Crippen LogP contribution in [0.5, 0.6) is 0 Å². The summed E-state index contributed by atoms with van der Waals surface area (Å²) in [6.45, 7) is 0.956. The van der Waals surface area contributed by atoms with Gasteiger partial charge in [-0.1, -0.05) is 66.6 Å². The molecule has 0 bridgehead atoms. The number of hydrogen-bond donors (Lipinski definition) is 2. The van der Waals surface area contributed by atoms with E-state index < -0.39 is 6.10 Å². The van der Waals surface area contributed by atoms with Crippen molar-refractivity contribution >= 4 is 45.7 Å². The summed E-state index contributed by atoms with van der Waals surface area (Å²) in [6, 6.07) is 22.3. The number of rotatable bonds is 3. The molecule has 4 aromatic rings. The van der Waals surface area contributed by atoms with Gasteiger partial charge in [0.25, 0.3) is 0 Å². The summed E-state index contributed by atoms with van der Waals surface area (Å²) in [5, 5.41) is 18.8. The molecule has 0 aliphatic carbocycles. The van der Waals surface area contributed by atoms with Crippen LogP contribution in [0.2, 0.25) is 5.02 Å². The predicted octanol–water partition coefficient (Wildman–Crippen LogP) is 6.31. The number of nitrogens with one attached hydrogen (secondary N) is 1. The van der Waals surface area contributed by atoms with Crippen LogP contribution in [0.25, 0.3) is 32.9 Å². The first kappa shape index (κ1) is 21.1. The molecule has 0 saturated carbocycles. The number of piperidine rings is 1. The molecule has 1 aliphatic heterocycles. The molecule has 3 nitrogen and oxygen atoms in total. The average molecular weight is 439 g/mol. The topological polar surface area (TPSA) is 45.2 Å². The molecule has 2 heterocycles. The van der Waals surface area contributed by atoms with Crippen LogP contribution in [-0.4, -0.2) is 22.7 Å². The number of aromatic nitrogens is 1. The van der Waals surface area contributed by atoms with Crippen LogP contribution in [0, 0.1) is 0 Å². The van der Waals surface area contributed by atoms with Crippen molar-refractivity contribution in [2.75, 3.05) is 6.54 Å². The fraction of sp³-hybridized carbons (Fsp3) is 0.240. The van der Waals surface area contributed by atoms with Crippen LogP contribution in [0.1, 0.15) is 30.9 Å². The van der Waals surface area contributed by atoms with Gasteiger partial charge in [-0.25, -0.2) is 4.98 Å². The average Bonchev–Trinajstić information content (AvgIpc) is 2.79. The van der Waals surface area contributed by atoms with Gasteiger partial charge in [0, 0.05) is 27.4 Å². The van der Waals surface area contributed by atoms with Gasteiger partial charge in [-0.2, -0.15) is 0 Å². The minimum absolute atomic E-state index is 0. The largest absolute Gasteiger partial charge is 0.387 e. The number of aliphatic hydroxyl groups excluding tert-OH is 1. The van der Waals surface area contributed by atoms with Crippen LogP contribution in [0.15, 0.2) is 66.7 Å². The molecule has 3 aromatic carbocycles. The molecule has 2 atom stereocenters. The lowest BCUT2D eigenvalue weighted by Crippen LogP contribution is -2.38. The molecule has 5 heteroatoms. The van der Waals surface area contributed by atoms with Crippen molar-refractivity contribution in [2.24, 2.45) is 0 Å². The smallest absolute Gasteiger partial charge is 0.0950 e. The predicted molar refractivity (Wildman–Crippen MR) is 128 cm³/mol. The van der Waals surface area contributed by atoms with Crippen LogP contribution < -0.4 is 5.32 Å². The fourth-order valence-corrected chi connectivity index (χ4v) is 4.49. The number of hydrogen-bond acceptors (Lipinski definition) is 3. The van der Waals surface area contributed by atoms with Gasteiger partial charge in [0.1, 0.15) is 0 Å². The fourth-order valence-electron chi connectivity index (χ4n) is 4.36. The summed E-state index contributed by atoms with van der Waals surface area (Å²) < 4.78 is 0. The van der Waals surface area contributed by atoms with Crippen LogP contribution in [-0.2, 0) is 0 Å². The van der Waals surface area contributed by atoms with Crippen LogP contribution in [0.3, 0.4) is 0 Å². The van der Waals surface area contributed by atoms with Crippen molar-refractivity contribution in [3.05, 3.63) is 77.3 Å². The zero-order valence-electron chi connectivity index (χ0n) is 16.5. The van der Waals surface area contributed by atoms with Crippen molar-refractivity contribution in [1.82, 2.24) is 10.3 Å². The Hall–Kier alpha value is -2.17. The molecule has 30 heavy (non-hydrogen) atoms. The highest BCUT2D eigenvalue weighted by Gasteiger charge is 2.25. The second-order valence-corrected chi connectivity index (χ2v) is 8.22. The second kappa shape index (κ2) is 8.91. The maximum atomic E-state index is 11.3. The van der Waals surface area contributed by atoms with Crippen LogP contribution >= 0.6 is 24.0 Å². The van der Waals surface area contributed by atoms with E-state index in [1.54, 1.807) is 0 Å². The third kappa shape index (κ3) is 3.91. The van der Waals surface area contributed by atoms with E-state index in [2.05, 4.69) is 29.6 Å². The Morgan fingerprint density at radius 1 is 0.967 bits per heavy atom. The highest BCUT2D eigenvalue weighted by atomic mass is 35.5. The van der Waals surface area contributed by atoms with Crippen molar-refractivity contribution in [3.8, 4) is 11.3 Å². The molecule has 1 aromatic heterocycles. The van der Waals surface area contributed by atoms with Gasteiger partial charge in [-0.05, 0) is 48.5 Å². The zero-order valence-corrected chi connectivity index (χ0v) is 18.1. The second-order valence-electron chi connectivity index (χ2n) is 7.79. The maximum Gasteiger partial charge on any atom is 0.0950 e. The zero-order chi connectivity index (χ0) is 19.8. The third-order valence-corrected chi connectivity index (χ3v) is 6.18. The molecule has 1 aliphatic rings. The van der Waals surface area contributed by atoms with Gasteiger partial charge in [-0.3, -0.25) is 0 Å². The van der Waals surface area contributed by atoms with Crippen LogP contribution in [0.4, 0.5) is 0 Å². The van der Waals surface area contributed by atoms with Gasteiger partial charge in [0.2, 0.25) is 0 Å². The van der Waals surface area contributed by atoms with E-state index in [9.17, 15) is 5.11 Å². The third-order valence-electron chi connectivity index (χ3n) is 5.92. The Balaban J connectivity index is 0.00000218.